The summed E-state index contributed by atoms with van der Waals surface area (Å²) in [6, 6.07) is 6.73. The first kappa shape index (κ1) is 16.9. The van der Waals surface area contributed by atoms with Crippen molar-refractivity contribution in [3.05, 3.63) is 39.9 Å². The maximum atomic E-state index is 12.3. The summed E-state index contributed by atoms with van der Waals surface area (Å²) in [5.41, 5.74) is 1.22. The number of nitro groups is 1. The summed E-state index contributed by atoms with van der Waals surface area (Å²) in [6.45, 7) is 4.83. The molecule has 7 nitrogen and oxygen atoms in total. The van der Waals surface area contributed by atoms with Crippen LogP contribution in [0.5, 0.6) is 0 Å². The molecule has 0 spiro atoms. The van der Waals surface area contributed by atoms with Gasteiger partial charge in [-0.3, -0.25) is 19.8 Å². The van der Waals surface area contributed by atoms with E-state index in [0.29, 0.717) is 6.61 Å². The van der Waals surface area contributed by atoms with E-state index >= 15 is 0 Å². The molecule has 130 valence electrons. The van der Waals surface area contributed by atoms with Gasteiger partial charge in [-0.25, -0.2) is 0 Å². The Morgan fingerprint density at radius 3 is 2.50 bits per heavy atom. The molecule has 2 saturated heterocycles. The number of amides is 1. The highest BCUT2D eigenvalue weighted by Gasteiger charge is 2.30. The zero-order chi connectivity index (χ0) is 16.9. The number of non-ortho nitro benzene ring substituents is 1. The second kappa shape index (κ2) is 7.72. The van der Waals surface area contributed by atoms with Crippen LogP contribution in [0.4, 0.5) is 5.69 Å². The quantitative estimate of drug-likeness (QED) is 0.602. The van der Waals surface area contributed by atoms with E-state index in [0.717, 1.165) is 57.5 Å². The molecular formula is C17H23N3O4. The smallest absolute Gasteiger partial charge is 0.269 e. The lowest BCUT2D eigenvalue weighted by Gasteiger charge is -2.35. The van der Waals surface area contributed by atoms with Crippen molar-refractivity contribution in [2.75, 3.05) is 39.3 Å². The lowest BCUT2D eigenvalue weighted by Crippen LogP contribution is -2.51. The Hall–Kier alpha value is -1.99. The maximum Gasteiger partial charge on any atom is 0.269 e. The van der Waals surface area contributed by atoms with E-state index in [-0.39, 0.29) is 22.6 Å². The van der Waals surface area contributed by atoms with Crippen LogP contribution in [0.25, 0.3) is 0 Å². The molecule has 1 unspecified atom stereocenters. The van der Waals surface area contributed by atoms with Gasteiger partial charge in [0, 0.05) is 51.5 Å². The van der Waals surface area contributed by atoms with Gasteiger partial charge in [0.15, 0.2) is 0 Å². The number of hydrogen-bond acceptors (Lipinski definition) is 5. The van der Waals surface area contributed by atoms with E-state index in [2.05, 4.69) is 4.90 Å². The van der Waals surface area contributed by atoms with Crippen molar-refractivity contribution in [1.29, 1.82) is 0 Å². The van der Waals surface area contributed by atoms with Gasteiger partial charge in [-0.2, -0.15) is 0 Å². The number of hydrogen-bond donors (Lipinski definition) is 0. The summed E-state index contributed by atoms with van der Waals surface area (Å²) in [6.07, 6.45) is 2.46. The van der Waals surface area contributed by atoms with Crippen molar-refractivity contribution in [3.63, 3.8) is 0 Å². The van der Waals surface area contributed by atoms with Crippen LogP contribution in [0.15, 0.2) is 24.3 Å². The highest BCUT2D eigenvalue weighted by Crippen LogP contribution is 2.16. The molecule has 1 atom stereocenters. The Labute approximate surface area is 141 Å². The standard InChI is InChI=1S/C17H23N3O4/c21-17(16-2-1-13-24-16)19-11-9-18(10-12-19)8-7-14-3-5-15(6-4-14)20(22)23/h3-6,16H,1-2,7-13H2. The van der Waals surface area contributed by atoms with Gasteiger partial charge in [-0.1, -0.05) is 12.1 Å². The average molecular weight is 333 g/mol. The van der Waals surface area contributed by atoms with Crippen LogP contribution in [0.3, 0.4) is 0 Å². The summed E-state index contributed by atoms with van der Waals surface area (Å²) >= 11 is 0. The Morgan fingerprint density at radius 2 is 1.92 bits per heavy atom. The molecular weight excluding hydrogens is 310 g/mol. The molecule has 0 aliphatic carbocycles. The Kier molecular flexibility index (Phi) is 5.42. The van der Waals surface area contributed by atoms with Gasteiger partial charge in [-0.05, 0) is 24.8 Å². The first-order chi connectivity index (χ1) is 11.6. The monoisotopic (exact) mass is 333 g/mol. The molecule has 0 bridgehead atoms. The molecule has 0 N–H and O–H groups in total. The second-order valence-electron chi connectivity index (χ2n) is 6.34. The molecule has 0 aromatic heterocycles. The molecule has 2 fully saturated rings. The minimum atomic E-state index is -0.381. The van der Waals surface area contributed by atoms with E-state index < -0.39 is 0 Å². The minimum absolute atomic E-state index is 0.125. The van der Waals surface area contributed by atoms with Crippen LogP contribution in [0.2, 0.25) is 0 Å². The average Bonchev–Trinajstić information content (AvgIpc) is 3.15. The van der Waals surface area contributed by atoms with E-state index in [9.17, 15) is 14.9 Å². The number of nitro benzene ring substituents is 1. The number of nitrogens with zero attached hydrogens (tertiary/aromatic N) is 3. The topological polar surface area (TPSA) is 75.9 Å². The summed E-state index contributed by atoms with van der Waals surface area (Å²) in [5.74, 6) is 0.141. The minimum Gasteiger partial charge on any atom is -0.368 e. The fraction of sp³-hybridized carbons (Fsp3) is 0.588. The summed E-state index contributed by atoms with van der Waals surface area (Å²) in [7, 11) is 0. The largest absolute Gasteiger partial charge is 0.368 e. The van der Waals surface area contributed by atoms with Crippen molar-refractivity contribution < 1.29 is 14.5 Å². The zero-order valence-corrected chi connectivity index (χ0v) is 13.7. The third-order valence-electron chi connectivity index (χ3n) is 4.75. The number of rotatable bonds is 5. The first-order valence-electron chi connectivity index (χ1n) is 8.49. The SMILES string of the molecule is O=C(C1CCCO1)N1CCN(CCc2ccc([N+](=O)[O-])cc2)CC1. The Bertz CT molecular complexity index is 576. The number of piperazine rings is 1. The summed E-state index contributed by atoms with van der Waals surface area (Å²) in [5, 5.41) is 10.7. The molecule has 7 heteroatoms. The van der Waals surface area contributed by atoms with Gasteiger partial charge in [0.25, 0.3) is 11.6 Å². The van der Waals surface area contributed by atoms with E-state index in [1.807, 2.05) is 17.0 Å². The molecule has 2 aliphatic heterocycles. The van der Waals surface area contributed by atoms with Gasteiger partial charge in [0.1, 0.15) is 6.10 Å². The first-order valence-corrected chi connectivity index (χ1v) is 8.49. The lowest BCUT2D eigenvalue weighted by molar-refractivity contribution is -0.384. The van der Waals surface area contributed by atoms with Crippen LogP contribution >= 0.6 is 0 Å². The molecule has 1 aromatic rings. The number of carbonyl (C=O) groups is 1. The van der Waals surface area contributed by atoms with Crippen LogP contribution in [-0.2, 0) is 16.0 Å². The Morgan fingerprint density at radius 1 is 1.21 bits per heavy atom. The number of benzene rings is 1. The van der Waals surface area contributed by atoms with Crippen molar-refractivity contribution in [3.8, 4) is 0 Å². The van der Waals surface area contributed by atoms with Gasteiger partial charge < -0.3 is 9.64 Å². The summed E-state index contributed by atoms with van der Waals surface area (Å²) < 4.78 is 5.47. The van der Waals surface area contributed by atoms with E-state index in [4.69, 9.17) is 4.74 Å². The second-order valence-corrected chi connectivity index (χ2v) is 6.34. The predicted octanol–water partition coefficient (Wildman–Crippen LogP) is 1.46. The molecule has 2 aliphatic rings. The molecule has 24 heavy (non-hydrogen) atoms. The Balaban J connectivity index is 1.42. The van der Waals surface area contributed by atoms with Crippen molar-refractivity contribution in [2.45, 2.75) is 25.4 Å². The molecule has 2 heterocycles. The van der Waals surface area contributed by atoms with Gasteiger partial charge in [0.2, 0.25) is 0 Å². The fourth-order valence-electron chi connectivity index (χ4n) is 3.24. The van der Waals surface area contributed by atoms with Gasteiger partial charge in [-0.15, -0.1) is 0 Å². The highest BCUT2D eigenvalue weighted by molar-refractivity contribution is 5.81. The molecule has 1 aromatic carbocycles. The predicted molar refractivity (Wildman–Crippen MR) is 88.8 cm³/mol. The molecule has 0 saturated carbocycles. The van der Waals surface area contributed by atoms with Crippen molar-refractivity contribution in [1.82, 2.24) is 9.80 Å². The van der Waals surface area contributed by atoms with E-state index in [1.165, 1.54) is 0 Å². The lowest BCUT2D eigenvalue weighted by atomic mass is 10.1. The highest BCUT2D eigenvalue weighted by atomic mass is 16.6. The third-order valence-corrected chi connectivity index (χ3v) is 4.75. The molecule has 0 radical (unpaired) electrons. The van der Waals surface area contributed by atoms with Crippen LogP contribution in [0.1, 0.15) is 18.4 Å². The van der Waals surface area contributed by atoms with Gasteiger partial charge >= 0.3 is 0 Å². The molecule has 1 amide bonds. The van der Waals surface area contributed by atoms with E-state index in [1.54, 1.807) is 12.1 Å². The van der Waals surface area contributed by atoms with Crippen LogP contribution in [0, 0.1) is 10.1 Å². The van der Waals surface area contributed by atoms with Crippen LogP contribution in [-0.4, -0.2) is 66.1 Å². The third kappa shape index (κ3) is 4.10. The van der Waals surface area contributed by atoms with Gasteiger partial charge in [0.05, 0.1) is 4.92 Å². The molecule has 3 rings (SSSR count). The normalized spacial score (nSPS) is 21.8. The fourth-order valence-corrected chi connectivity index (χ4v) is 3.24. The van der Waals surface area contributed by atoms with Crippen LogP contribution < -0.4 is 0 Å². The van der Waals surface area contributed by atoms with Crippen molar-refractivity contribution in [2.24, 2.45) is 0 Å². The van der Waals surface area contributed by atoms with Crippen molar-refractivity contribution >= 4 is 11.6 Å². The number of ether oxygens (including phenoxy) is 1. The maximum absolute atomic E-state index is 12.3. The number of carbonyl (C=O) groups excluding carboxylic acids is 1. The summed E-state index contributed by atoms with van der Waals surface area (Å²) in [4.78, 5) is 26.8. The zero-order valence-electron chi connectivity index (χ0n) is 13.7.